The summed E-state index contributed by atoms with van der Waals surface area (Å²) >= 11 is 6.73. The number of hydrogen-bond donors (Lipinski definition) is 0. The Hall–Kier alpha value is -3.30. The lowest BCUT2D eigenvalue weighted by Gasteiger charge is -2.21. The molecule has 0 saturated heterocycles. The summed E-state index contributed by atoms with van der Waals surface area (Å²) in [7, 11) is 0. The van der Waals surface area contributed by atoms with Crippen molar-refractivity contribution in [3.05, 3.63) is 112 Å². The van der Waals surface area contributed by atoms with Gasteiger partial charge in [0.2, 0.25) is 5.69 Å². The van der Waals surface area contributed by atoms with Crippen LogP contribution in [-0.2, 0) is 32.6 Å². The fourth-order valence-electron chi connectivity index (χ4n) is 4.46. The molecule has 0 unspecified atom stereocenters. The highest BCUT2D eigenvalue weighted by atomic mass is 35.5. The summed E-state index contributed by atoms with van der Waals surface area (Å²) in [6.45, 7) is 4.10. The Morgan fingerprint density at radius 1 is 0.818 bits per heavy atom. The van der Waals surface area contributed by atoms with Gasteiger partial charge in [-0.1, -0.05) is 67.6 Å². The largest absolute Gasteiger partial charge is 0.489 e. The van der Waals surface area contributed by atoms with E-state index in [4.69, 9.17) is 21.1 Å². The molecule has 0 bridgehead atoms. The molecular weight excluding hydrogens is 430 g/mol. The molecule has 2 heterocycles. The summed E-state index contributed by atoms with van der Waals surface area (Å²) in [5, 5.41) is 0.709. The number of fused-ring (bicyclic) bond motifs is 3. The number of rotatable bonds is 7. The summed E-state index contributed by atoms with van der Waals surface area (Å²) in [5.41, 5.74) is 7.14. The Kier molecular flexibility index (Phi) is 6.32. The molecule has 3 aromatic carbocycles. The van der Waals surface area contributed by atoms with Crippen molar-refractivity contribution in [1.29, 1.82) is 0 Å². The minimum atomic E-state index is 0.521. The predicted octanol–water partition coefficient (Wildman–Crippen LogP) is 6.57. The third-order valence-electron chi connectivity index (χ3n) is 6.14. The van der Waals surface area contributed by atoms with Crippen LogP contribution in [0.4, 0.5) is 0 Å². The zero-order valence-electron chi connectivity index (χ0n) is 18.8. The van der Waals surface area contributed by atoms with Gasteiger partial charge in [-0.05, 0) is 52.9 Å². The molecule has 0 saturated carbocycles. The van der Waals surface area contributed by atoms with Crippen LogP contribution in [0.1, 0.15) is 29.2 Å². The average Bonchev–Trinajstić information content (AvgIpc) is 2.87. The third kappa shape index (κ3) is 4.60. The van der Waals surface area contributed by atoms with Gasteiger partial charge in [0.15, 0.2) is 6.54 Å². The lowest BCUT2D eigenvalue weighted by atomic mass is 9.93. The Labute approximate surface area is 200 Å². The van der Waals surface area contributed by atoms with Crippen LogP contribution in [0.3, 0.4) is 0 Å². The first-order valence-corrected chi connectivity index (χ1v) is 11.8. The lowest BCUT2D eigenvalue weighted by molar-refractivity contribution is -0.685. The summed E-state index contributed by atoms with van der Waals surface area (Å²) in [4.78, 5) is 0. The van der Waals surface area contributed by atoms with E-state index >= 15 is 0 Å². The minimum absolute atomic E-state index is 0.521. The first kappa shape index (κ1) is 21.5. The highest BCUT2D eigenvalue weighted by Crippen LogP contribution is 2.37. The Morgan fingerprint density at radius 2 is 1.48 bits per heavy atom. The van der Waals surface area contributed by atoms with Gasteiger partial charge in [-0.3, -0.25) is 0 Å². The van der Waals surface area contributed by atoms with E-state index in [9.17, 15) is 0 Å². The third-order valence-corrected chi connectivity index (χ3v) is 6.45. The number of hydrogen-bond acceptors (Lipinski definition) is 2. The SMILES string of the molecule is CCc1c(OCc2ccccc2)cc(Cl)[n+]2c1-c1ccc(OCc3ccccc3)cc1CC2. The first-order valence-electron chi connectivity index (χ1n) is 11.4. The molecule has 0 spiro atoms. The number of halogens is 1. The van der Waals surface area contributed by atoms with Crippen molar-refractivity contribution in [2.75, 3.05) is 0 Å². The van der Waals surface area contributed by atoms with Crippen molar-refractivity contribution in [2.45, 2.75) is 39.5 Å². The summed E-state index contributed by atoms with van der Waals surface area (Å²) in [6, 6.07) is 28.8. The molecule has 1 aliphatic heterocycles. The molecule has 0 atom stereocenters. The van der Waals surface area contributed by atoms with Crippen LogP contribution in [0.25, 0.3) is 11.3 Å². The molecule has 5 rings (SSSR count). The molecule has 4 heteroatoms. The van der Waals surface area contributed by atoms with Crippen LogP contribution in [0, 0.1) is 0 Å². The number of nitrogens with zero attached hydrogens (tertiary/aromatic N) is 1. The Morgan fingerprint density at radius 3 is 2.15 bits per heavy atom. The number of pyridine rings is 1. The maximum Gasteiger partial charge on any atom is 0.279 e. The Balaban J connectivity index is 1.45. The van der Waals surface area contributed by atoms with Gasteiger partial charge in [-0.25, -0.2) is 0 Å². The maximum absolute atomic E-state index is 6.73. The van der Waals surface area contributed by atoms with Crippen LogP contribution >= 0.6 is 11.6 Å². The van der Waals surface area contributed by atoms with E-state index in [1.807, 2.05) is 42.5 Å². The fraction of sp³-hybridized carbons (Fsp3) is 0.207. The molecule has 0 aliphatic carbocycles. The molecule has 166 valence electrons. The van der Waals surface area contributed by atoms with Gasteiger partial charge in [0, 0.05) is 6.42 Å². The van der Waals surface area contributed by atoms with E-state index < -0.39 is 0 Å². The van der Waals surface area contributed by atoms with Gasteiger partial charge in [0.25, 0.3) is 5.15 Å². The number of aromatic nitrogens is 1. The van der Waals surface area contributed by atoms with Crippen LogP contribution in [0.2, 0.25) is 5.15 Å². The fourth-order valence-corrected chi connectivity index (χ4v) is 4.73. The van der Waals surface area contributed by atoms with Gasteiger partial charge in [0.1, 0.15) is 24.7 Å². The molecular formula is C29H27ClNO2+. The quantitative estimate of drug-likeness (QED) is 0.232. The second-order valence-electron chi connectivity index (χ2n) is 8.28. The molecule has 0 fully saturated rings. The van der Waals surface area contributed by atoms with Crippen molar-refractivity contribution < 1.29 is 14.0 Å². The van der Waals surface area contributed by atoms with E-state index in [0.717, 1.165) is 47.7 Å². The molecule has 0 radical (unpaired) electrons. The second-order valence-corrected chi connectivity index (χ2v) is 8.67. The number of benzene rings is 3. The Bertz CT molecular complexity index is 1260. The molecule has 3 nitrogen and oxygen atoms in total. The van der Waals surface area contributed by atoms with Crippen molar-refractivity contribution in [1.82, 2.24) is 0 Å². The smallest absolute Gasteiger partial charge is 0.279 e. The predicted molar refractivity (Wildman–Crippen MR) is 132 cm³/mol. The van der Waals surface area contributed by atoms with Gasteiger partial charge in [-0.15, -0.1) is 0 Å². The average molecular weight is 457 g/mol. The molecule has 0 amide bonds. The van der Waals surface area contributed by atoms with E-state index in [1.165, 1.54) is 16.7 Å². The highest BCUT2D eigenvalue weighted by molar-refractivity contribution is 6.28. The monoisotopic (exact) mass is 456 g/mol. The number of aryl methyl sites for hydroxylation is 1. The van der Waals surface area contributed by atoms with Gasteiger partial charge in [0.05, 0.1) is 17.2 Å². The molecule has 1 aromatic heterocycles. The van der Waals surface area contributed by atoms with Crippen LogP contribution in [0.5, 0.6) is 11.5 Å². The molecule has 4 aromatic rings. The molecule has 1 aliphatic rings. The molecule has 33 heavy (non-hydrogen) atoms. The first-order chi connectivity index (χ1) is 16.2. The van der Waals surface area contributed by atoms with Crippen LogP contribution in [0.15, 0.2) is 84.9 Å². The standard InChI is InChI=1S/C29H27ClNO2/c1-2-25-27(33-20-22-11-7-4-8-12-22)18-28(30)31-16-15-23-17-24(13-14-26(23)29(25)31)32-19-21-9-5-3-6-10-21/h3-14,17-18H,2,15-16,19-20H2,1H3/q+1. The summed E-state index contributed by atoms with van der Waals surface area (Å²) in [5.74, 6) is 1.75. The van der Waals surface area contributed by atoms with Crippen molar-refractivity contribution >= 4 is 11.6 Å². The molecule has 0 N–H and O–H groups in total. The number of ether oxygens (including phenoxy) is 2. The second kappa shape index (κ2) is 9.68. The van der Waals surface area contributed by atoms with Gasteiger partial charge in [-0.2, -0.15) is 4.57 Å². The minimum Gasteiger partial charge on any atom is -0.489 e. The normalized spacial score (nSPS) is 12.1. The van der Waals surface area contributed by atoms with Crippen molar-refractivity contribution in [3.8, 4) is 22.8 Å². The van der Waals surface area contributed by atoms with Crippen LogP contribution in [-0.4, -0.2) is 0 Å². The summed E-state index contributed by atoms with van der Waals surface area (Å²) < 4.78 is 14.6. The lowest BCUT2D eigenvalue weighted by Crippen LogP contribution is -2.42. The zero-order valence-corrected chi connectivity index (χ0v) is 19.5. The van der Waals surface area contributed by atoms with Crippen LogP contribution < -0.4 is 14.0 Å². The van der Waals surface area contributed by atoms with E-state index in [0.29, 0.717) is 18.4 Å². The summed E-state index contributed by atoms with van der Waals surface area (Å²) in [6.07, 6.45) is 1.78. The topological polar surface area (TPSA) is 22.3 Å². The van der Waals surface area contributed by atoms with Crippen molar-refractivity contribution in [2.24, 2.45) is 0 Å². The zero-order chi connectivity index (χ0) is 22.6. The van der Waals surface area contributed by atoms with Gasteiger partial charge >= 0.3 is 0 Å². The van der Waals surface area contributed by atoms with Gasteiger partial charge < -0.3 is 9.47 Å². The maximum atomic E-state index is 6.73. The van der Waals surface area contributed by atoms with E-state index in [2.05, 4.69) is 54.0 Å². The van der Waals surface area contributed by atoms with E-state index in [-0.39, 0.29) is 0 Å². The highest BCUT2D eigenvalue weighted by Gasteiger charge is 2.31. The van der Waals surface area contributed by atoms with Crippen molar-refractivity contribution in [3.63, 3.8) is 0 Å². The van der Waals surface area contributed by atoms with E-state index in [1.54, 1.807) is 0 Å².